The molecule has 0 radical (unpaired) electrons. The Bertz CT molecular complexity index is 851. The molecule has 1 aliphatic heterocycles. The van der Waals surface area contributed by atoms with Gasteiger partial charge in [0.15, 0.2) is 0 Å². The van der Waals surface area contributed by atoms with Crippen molar-refractivity contribution in [2.24, 2.45) is 28.8 Å². The van der Waals surface area contributed by atoms with Crippen molar-refractivity contribution in [2.45, 2.75) is 6.42 Å². The van der Waals surface area contributed by atoms with Crippen molar-refractivity contribution in [3.63, 3.8) is 0 Å². The number of amides is 2. The van der Waals surface area contributed by atoms with E-state index in [9.17, 15) is 24.8 Å². The second-order valence-corrected chi connectivity index (χ2v) is 7.21. The third kappa shape index (κ3) is 2.30. The van der Waals surface area contributed by atoms with Gasteiger partial charge in [0, 0.05) is 17.7 Å². The van der Waals surface area contributed by atoms with E-state index in [1.165, 1.54) is 0 Å². The molecule has 0 aromatic heterocycles. The zero-order valence-corrected chi connectivity index (χ0v) is 14.3. The molecule has 2 bridgehead atoms. The Kier molecular flexibility index (Phi) is 3.50. The number of fused-ring (bicyclic) bond motifs is 5. The highest BCUT2D eigenvalue weighted by Gasteiger charge is 2.59. The van der Waals surface area contributed by atoms with Gasteiger partial charge in [0.1, 0.15) is 5.75 Å². The standard InChI is InChI=1S/C16H12BrN3O5/c17-11-5-10(20(24)25)4-9(14(11)21)6-18-19-15(22)12-7-1-2-8(3-7)13(12)16(19)23/h1-2,4-8,12-13,21H,3H2/b18-6+. The summed E-state index contributed by atoms with van der Waals surface area (Å²) in [7, 11) is 0. The minimum Gasteiger partial charge on any atom is -0.506 e. The number of nitro groups is 1. The van der Waals surface area contributed by atoms with Crippen LogP contribution in [0.3, 0.4) is 0 Å². The molecule has 8 nitrogen and oxygen atoms in total. The highest BCUT2D eigenvalue weighted by molar-refractivity contribution is 9.10. The molecule has 4 unspecified atom stereocenters. The van der Waals surface area contributed by atoms with Gasteiger partial charge in [-0.2, -0.15) is 10.1 Å². The van der Waals surface area contributed by atoms with Crippen molar-refractivity contribution in [2.75, 3.05) is 0 Å². The third-order valence-corrected chi connectivity index (χ3v) is 5.65. The number of carbonyl (C=O) groups is 2. The van der Waals surface area contributed by atoms with Gasteiger partial charge in [-0.15, -0.1) is 0 Å². The van der Waals surface area contributed by atoms with E-state index in [-0.39, 0.29) is 57.0 Å². The normalized spacial score (nSPS) is 29.9. The lowest BCUT2D eigenvalue weighted by Gasteiger charge is -2.13. The molecule has 128 valence electrons. The molecule has 25 heavy (non-hydrogen) atoms. The zero-order chi connectivity index (χ0) is 17.9. The summed E-state index contributed by atoms with van der Waals surface area (Å²) in [6, 6.07) is 2.29. The van der Waals surface area contributed by atoms with E-state index in [0.29, 0.717) is 0 Å². The monoisotopic (exact) mass is 405 g/mol. The molecule has 1 aromatic carbocycles. The predicted molar refractivity (Wildman–Crippen MR) is 89.6 cm³/mol. The van der Waals surface area contributed by atoms with Crippen molar-refractivity contribution in [3.8, 4) is 5.75 Å². The summed E-state index contributed by atoms with van der Waals surface area (Å²) in [5, 5.41) is 25.7. The first kappa shape index (κ1) is 15.9. The first-order valence-electron chi connectivity index (χ1n) is 7.65. The maximum Gasteiger partial charge on any atom is 0.271 e. The van der Waals surface area contributed by atoms with Gasteiger partial charge in [0.25, 0.3) is 17.5 Å². The summed E-state index contributed by atoms with van der Waals surface area (Å²) < 4.78 is 0.126. The SMILES string of the molecule is O=C1C2C3C=CC(C3)C2C(=O)N1/N=C/c1cc([N+](=O)[O-])cc(Br)c1O. The molecule has 4 atom stereocenters. The minimum absolute atomic E-state index is 0.0415. The number of phenols is 1. The molecule has 4 rings (SSSR count). The number of carbonyl (C=O) groups excluding carboxylic acids is 2. The zero-order valence-electron chi connectivity index (χ0n) is 12.7. The maximum absolute atomic E-state index is 12.5. The van der Waals surface area contributed by atoms with E-state index in [1.807, 2.05) is 12.2 Å². The first-order valence-corrected chi connectivity index (χ1v) is 8.45. The van der Waals surface area contributed by atoms with Crippen LogP contribution in [0.1, 0.15) is 12.0 Å². The van der Waals surface area contributed by atoms with Crippen LogP contribution in [0.15, 0.2) is 33.9 Å². The summed E-state index contributed by atoms with van der Waals surface area (Å²) >= 11 is 3.03. The van der Waals surface area contributed by atoms with Crippen molar-refractivity contribution >= 4 is 39.6 Å². The molecular weight excluding hydrogens is 394 g/mol. The summed E-state index contributed by atoms with van der Waals surface area (Å²) in [6.07, 6.45) is 5.88. The number of phenolic OH excluding ortho intramolecular Hbond substituents is 1. The smallest absolute Gasteiger partial charge is 0.271 e. The van der Waals surface area contributed by atoms with Crippen molar-refractivity contribution in [3.05, 3.63) is 44.4 Å². The van der Waals surface area contributed by atoms with Crippen molar-refractivity contribution in [1.29, 1.82) is 0 Å². The van der Waals surface area contributed by atoms with Gasteiger partial charge in [0.2, 0.25) is 0 Å². The number of rotatable bonds is 3. The number of hydrazone groups is 1. The van der Waals surface area contributed by atoms with Crippen LogP contribution in [-0.4, -0.2) is 33.1 Å². The fraction of sp³-hybridized carbons (Fsp3) is 0.312. The van der Waals surface area contributed by atoms with Crippen molar-refractivity contribution in [1.82, 2.24) is 5.01 Å². The van der Waals surface area contributed by atoms with Gasteiger partial charge in [-0.05, 0) is 34.2 Å². The number of imide groups is 1. The van der Waals surface area contributed by atoms with Crippen LogP contribution in [0.25, 0.3) is 0 Å². The van der Waals surface area contributed by atoms with Gasteiger partial charge in [0.05, 0.1) is 27.4 Å². The number of allylic oxidation sites excluding steroid dienone is 2. The molecule has 1 aromatic rings. The average Bonchev–Trinajstić information content (AvgIpc) is 3.24. The molecule has 2 fully saturated rings. The van der Waals surface area contributed by atoms with E-state index in [2.05, 4.69) is 21.0 Å². The number of hydrogen-bond donors (Lipinski definition) is 1. The Morgan fingerprint density at radius 2 is 1.84 bits per heavy atom. The lowest BCUT2D eigenvalue weighted by atomic mass is 9.85. The van der Waals surface area contributed by atoms with Gasteiger partial charge in [-0.3, -0.25) is 19.7 Å². The molecule has 1 heterocycles. The number of hydrogen-bond acceptors (Lipinski definition) is 6. The number of aromatic hydroxyl groups is 1. The number of nitro benzene ring substituents is 1. The second-order valence-electron chi connectivity index (χ2n) is 6.36. The molecule has 2 amide bonds. The van der Waals surface area contributed by atoms with E-state index >= 15 is 0 Å². The van der Waals surface area contributed by atoms with Crippen LogP contribution >= 0.6 is 15.9 Å². The van der Waals surface area contributed by atoms with Crippen LogP contribution in [0.2, 0.25) is 0 Å². The van der Waals surface area contributed by atoms with Crippen molar-refractivity contribution < 1.29 is 19.6 Å². The van der Waals surface area contributed by atoms with Gasteiger partial charge < -0.3 is 5.11 Å². The van der Waals surface area contributed by atoms with Gasteiger partial charge in [-0.25, -0.2) is 0 Å². The molecule has 9 heteroatoms. The Balaban J connectivity index is 1.64. The fourth-order valence-corrected chi connectivity index (χ4v) is 4.39. The van der Waals surface area contributed by atoms with Gasteiger partial charge >= 0.3 is 0 Å². The lowest BCUT2D eigenvalue weighted by molar-refractivity contribution is -0.385. The summed E-state index contributed by atoms with van der Waals surface area (Å²) in [5.41, 5.74) is -0.204. The fourth-order valence-electron chi connectivity index (χ4n) is 3.93. The molecule has 3 aliphatic rings. The van der Waals surface area contributed by atoms with E-state index in [1.54, 1.807) is 0 Å². The molecule has 2 aliphatic carbocycles. The largest absolute Gasteiger partial charge is 0.506 e. The van der Waals surface area contributed by atoms with Crippen LogP contribution < -0.4 is 0 Å². The highest BCUT2D eigenvalue weighted by Crippen LogP contribution is 2.52. The number of halogens is 1. The molecular formula is C16H12BrN3O5. The summed E-state index contributed by atoms with van der Waals surface area (Å²) in [6.45, 7) is 0. The minimum atomic E-state index is -0.610. The quantitative estimate of drug-likeness (QED) is 0.272. The van der Waals surface area contributed by atoms with E-state index in [4.69, 9.17) is 0 Å². The maximum atomic E-state index is 12.5. The second kappa shape index (κ2) is 5.48. The first-order chi connectivity index (χ1) is 11.9. The Hall–Kier alpha value is -2.55. The van der Waals surface area contributed by atoms with E-state index in [0.717, 1.165) is 29.8 Å². The third-order valence-electron chi connectivity index (χ3n) is 5.05. The summed E-state index contributed by atoms with van der Waals surface area (Å²) in [5.74, 6) is -1.55. The number of benzene rings is 1. The Morgan fingerprint density at radius 3 is 2.40 bits per heavy atom. The predicted octanol–water partition coefficient (Wildman–Crippen LogP) is 2.20. The number of nitrogens with zero attached hydrogens (tertiary/aromatic N) is 3. The number of non-ortho nitro benzene ring substituents is 1. The summed E-state index contributed by atoms with van der Waals surface area (Å²) in [4.78, 5) is 35.3. The molecule has 0 spiro atoms. The topological polar surface area (TPSA) is 113 Å². The highest BCUT2D eigenvalue weighted by atomic mass is 79.9. The van der Waals surface area contributed by atoms with E-state index < -0.39 is 4.92 Å². The lowest BCUT2D eigenvalue weighted by Crippen LogP contribution is -2.28. The molecule has 1 saturated carbocycles. The Labute approximate surface area is 150 Å². The Morgan fingerprint density at radius 1 is 1.24 bits per heavy atom. The van der Waals surface area contributed by atoms with Crippen LogP contribution in [-0.2, 0) is 9.59 Å². The van der Waals surface area contributed by atoms with Gasteiger partial charge in [-0.1, -0.05) is 12.2 Å². The molecule has 1 N–H and O–H groups in total. The van der Waals surface area contributed by atoms with Crippen LogP contribution in [0, 0.1) is 33.8 Å². The average molecular weight is 406 g/mol. The van der Waals surface area contributed by atoms with Crippen LogP contribution in [0.4, 0.5) is 5.69 Å². The molecule has 1 saturated heterocycles. The van der Waals surface area contributed by atoms with Crippen LogP contribution in [0.5, 0.6) is 5.75 Å².